The summed E-state index contributed by atoms with van der Waals surface area (Å²) >= 11 is 5.97. The van der Waals surface area contributed by atoms with Crippen molar-refractivity contribution in [3.8, 4) is 0 Å². The molecule has 0 radical (unpaired) electrons. The zero-order chi connectivity index (χ0) is 21.0. The lowest BCUT2D eigenvalue weighted by molar-refractivity contribution is 0.0897. The fourth-order valence-corrected chi connectivity index (χ4v) is 4.07. The number of rotatable bonds is 5. The van der Waals surface area contributed by atoms with E-state index < -0.39 is 0 Å². The maximum absolute atomic E-state index is 12.2. The van der Waals surface area contributed by atoms with Gasteiger partial charge in [0.2, 0.25) is 0 Å². The highest BCUT2D eigenvalue weighted by molar-refractivity contribution is 6.30. The highest BCUT2D eigenvalue weighted by Gasteiger charge is 2.42. The van der Waals surface area contributed by atoms with Gasteiger partial charge in [0.1, 0.15) is 0 Å². The van der Waals surface area contributed by atoms with Crippen molar-refractivity contribution in [3.05, 3.63) is 76.6 Å². The van der Waals surface area contributed by atoms with Crippen LogP contribution in [0.15, 0.2) is 54.6 Å². The minimum Gasteiger partial charge on any atom is -0.450 e. The molecule has 1 fully saturated rings. The molecular weight excluding hydrogens is 402 g/mol. The van der Waals surface area contributed by atoms with Gasteiger partial charge in [0.25, 0.3) is 0 Å². The first-order valence-electron chi connectivity index (χ1n) is 10.1. The Hall–Kier alpha value is -2.93. The number of amides is 1. The molecule has 0 N–H and O–H groups in total. The third kappa shape index (κ3) is 4.16. The van der Waals surface area contributed by atoms with E-state index in [1.54, 1.807) is 9.70 Å². The monoisotopic (exact) mass is 425 g/mol. The zero-order valence-electron chi connectivity index (χ0n) is 16.9. The van der Waals surface area contributed by atoms with Crippen LogP contribution in [-0.4, -0.2) is 50.9 Å². The molecule has 0 unspecified atom stereocenters. The normalized spacial score (nSPS) is 15.7. The minimum atomic E-state index is -0.386. The van der Waals surface area contributed by atoms with Gasteiger partial charge < -0.3 is 9.64 Å². The molecule has 7 nitrogen and oxygen atoms in total. The Labute approximate surface area is 180 Å². The molecule has 2 heterocycles. The van der Waals surface area contributed by atoms with Crippen LogP contribution < -0.4 is 0 Å². The molecule has 156 valence electrons. The van der Waals surface area contributed by atoms with E-state index in [2.05, 4.69) is 22.4 Å². The van der Waals surface area contributed by atoms with Gasteiger partial charge in [-0.1, -0.05) is 54.1 Å². The minimum absolute atomic E-state index is 0.265. The maximum atomic E-state index is 12.2. The number of aromatic nitrogens is 4. The van der Waals surface area contributed by atoms with Crippen molar-refractivity contribution < 1.29 is 9.53 Å². The molecule has 3 aromatic rings. The first-order chi connectivity index (χ1) is 14.6. The number of carbonyl (C=O) groups is 1. The highest BCUT2D eigenvalue weighted by Crippen LogP contribution is 2.39. The summed E-state index contributed by atoms with van der Waals surface area (Å²) in [5, 5.41) is 14.2. The Kier molecular flexibility index (Phi) is 5.99. The second-order valence-electron chi connectivity index (χ2n) is 7.40. The number of halogens is 1. The van der Waals surface area contributed by atoms with Crippen molar-refractivity contribution in [2.75, 3.05) is 19.7 Å². The van der Waals surface area contributed by atoms with E-state index in [1.165, 1.54) is 0 Å². The number of carbonyl (C=O) groups excluding carboxylic acids is 1. The van der Waals surface area contributed by atoms with E-state index in [4.69, 9.17) is 21.4 Å². The summed E-state index contributed by atoms with van der Waals surface area (Å²) in [6.45, 7) is 3.88. The summed E-state index contributed by atoms with van der Waals surface area (Å²) in [7, 11) is 0. The van der Waals surface area contributed by atoms with E-state index in [9.17, 15) is 4.79 Å². The second kappa shape index (κ2) is 8.83. The molecule has 1 amide bonds. The summed E-state index contributed by atoms with van der Waals surface area (Å²) < 4.78 is 5.17. The Morgan fingerprint density at radius 1 is 1.10 bits per heavy atom. The largest absolute Gasteiger partial charge is 0.450 e. The quantitative estimate of drug-likeness (QED) is 0.619. The van der Waals surface area contributed by atoms with Gasteiger partial charge in [-0.25, -0.2) is 4.79 Å². The molecule has 0 aliphatic carbocycles. The Balaban J connectivity index is 1.59. The van der Waals surface area contributed by atoms with Crippen molar-refractivity contribution in [1.82, 2.24) is 25.1 Å². The topological polar surface area (TPSA) is 73.1 Å². The summed E-state index contributed by atoms with van der Waals surface area (Å²) in [4.78, 5) is 15.5. The first kappa shape index (κ1) is 20.3. The van der Waals surface area contributed by atoms with Gasteiger partial charge in [-0.05, 0) is 48.2 Å². The Bertz CT molecular complexity index is 982. The average molecular weight is 426 g/mol. The van der Waals surface area contributed by atoms with Crippen molar-refractivity contribution in [1.29, 1.82) is 0 Å². The highest BCUT2D eigenvalue weighted by atomic mass is 35.5. The van der Waals surface area contributed by atoms with Crippen LogP contribution in [0.25, 0.3) is 0 Å². The maximum Gasteiger partial charge on any atom is 0.409 e. The molecule has 2 aromatic carbocycles. The second-order valence-corrected chi connectivity index (χ2v) is 7.84. The number of benzene rings is 2. The van der Waals surface area contributed by atoms with Crippen molar-refractivity contribution in [2.24, 2.45) is 0 Å². The summed E-state index contributed by atoms with van der Waals surface area (Å²) in [5.74, 6) is 0.686. The molecule has 1 saturated heterocycles. The molecule has 8 heteroatoms. The van der Waals surface area contributed by atoms with Crippen LogP contribution in [0, 0.1) is 0 Å². The summed E-state index contributed by atoms with van der Waals surface area (Å²) in [5.41, 5.74) is 1.80. The van der Waals surface area contributed by atoms with E-state index in [-0.39, 0.29) is 11.5 Å². The van der Waals surface area contributed by atoms with Gasteiger partial charge in [-0.15, -0.1) is 10.2 Å². The number of hydrogen-bond donors (Lipinski definition) is 0. The third-order valence-electron chi connectivity index (χ3n) is 5.59. The van der Waals surface area contributed by atoms with Gasteiger partial charge in [0, 0.05) is 18.1 Å². The number of piperidine rings is 1. The smallest absolute Gasteiger partial charge is 0.409 e. The fourth-order valence-electron chi connectivity index (χ4n) is 3.94. The number of hydrogen-bond acceptors (Lipinski definition) is 5. The molecule has 0 saturated carbocycles. The van der Waals surface area contributed by atoms with E-state index in [1.807, 2.05) is 49.4 Å². The third-order valence-corrected chi connectivity index (χ3v) is 5.84. The Morgan fingerprint density at radius 2 is 1.80 bits per heavy atom. The van der Waals surface area contributed by atoms with Gasteiger partial charge in [-0.2, -0.15) is 4.80 Å². The van der Waals surface area contributed by atoms with E-state index >= 15 is 0 Å². The van der Waals surface area contributed by atoms with Gasteiger partial charge in [0.15, 0.2) is 5.82 Å². The molecule has 0 bridgehead atoms. The lowest BCUT2D eigenvalue weighted by atomic mass is 9.72. The van der Waals surface area contributed by atoms with Crippen molar-refractivity contribution >= 4 is 17.7 Å². The summed E-state index contributed by atoms with van der Waals surface area (Å²) in [6, 6.07) is 17.8. The van der Waals surface area contributed by atoms with E-state index in [0.29, 0.717) is 49.9 Å². The number of likely N-dealkylation sites (tertiary alicyclic amines) is 1. The lowest BCUT2D eigenvalue weighted by Gasteiger charge is -2.39. The predicted molar refractivity (Wildman–Crippen MR) is 113 cm³/mol. The molecule has 0 atom stereocenters. The van der Waals surface area contributed by atoms with Crippen LogP contribution in [-0.2, 0) is 16.7 Å². The van der Waals surface area contributed by atoms with Crippen LogP contribution >= 0.6 is 11.6 Å². The standard InChI is InChI=1S/C22H24ClN5O2/c1-2-30-21(29)27-14-12-22(13-15-27,18-6-4-3-5-7-18)20-24-26-28(25-20)16-17-8-10-19(23)11-9-17/h3-11H,2,12-16H2,1H3. The summed E-state index contributed by atoms with van der Waals surface area (Å²) in [6.07, 6.45) is 1.16. The molecule has 1 aliphatic heterocycles. The van der Waals surface area contributed by atoms with Crippen LogP contribution in [0.3, 0.4) is 0 Å². The van der Waals surface area contributed by atoms with Crippen LogP contribution in [0.4, 0.5) is 4.79 Å². The molecule has 4 rings (SSSR count). The van der Waals surface area contributed by atoms with Gasteiger partial charge >= 0.3 is 6.09 Å². The van der Waals surface area contributed by atoms with E-state index in [0.717, 1.165) is 11.1 Å². The SMILES string of the molecule is CCOC(=O)N1CCC(c2ccccc2)(c2nnn(Cc3ccc(Cl)cc3)n2)CC1. The van der Waals surface area contributed by atoms with Gasteiger partial charge in [-0.3, -0.25) is 0 Å². The predicted octanol–water partition coefficient (Wildman–Crippen LogP) is 3.91. The lowest BCUT2D eigenvalue weighted by Crippen LogP contribution is -2.46. The van der Waals surface area contributed by atoms with Gasteiger partial charge in [0.05, 0.1) is 18.6 Å². The molecule has 0 spiro atoms. The van der Waals surface area contributed by atoms with Crippen molar-refractivity contribution in [3.63, 3.8) is 0 Å². The molecule has 1 aromatic heterocycles. The van der Waals surface area contributed by atoms with Crippen LogP contribution in [0.1, 0.15) is 36.7 Å². The zero-order valence-corrected chi connectivity index (χ0v) is 17.6. The average Bonchev–Trinajstić information content (AvgIpc) is 3.25. The first-order valence-corrected chi connectivity index (χ1v) is 10.5. The molecule has 1 aliphatic rings. The van der Waals surface area contributed by atoms with Crippen LogP contribution in [0.5, 0.6) is 0 Å². The van der Waals surface area contributed by atoms with Crippen molar-refractivity contribution in [2.45, 2.75) is 31.7 Å². The fraction of sp³-hybridized carbons (Fsp3) is 0.364. The number of ether oxygens (including phenoxy) is 1. The molecule has 30 heavy (non-hydrogen) atoms. The number of nitrogens with zero attached hydrogens (tertiary/aromatic N) is 5. The number of tetrazole rings is 1. The molecular formula is C22H24ClN5O2. The van der Waals surface area contributed by atoms with Crippen LogP contribution in [0.2, 0.25) is 5.02 Å². The Morgan fingerprint density at radius 3 is 2.47 bits per heavy atom.